The van der Waals surface area contributed by atoms with Crippen LogP contribution in [0, 0.1) is 10.1 Å². The van der Waals surface area contributed by atoms with Crippen LogP contribution >= 0.6 is 11.3 Å². The number of nitro benzene ring substituents is 1. The third-order valence-electron chi connectivity index (χ3n) is 3.03. The van der Waals surface area contributed by atoms with Crippen molar-refractivity contribution < 1.29 is 14.8 Å². The van der Waals surface area contributed by atoms with Gasteiger partial charge in [-0.25, -0.2) is 9.78 Å². The highest BCUT2D eigenvalue weighted by Crippen LogP contribution is 2.38. The molecule has 0 radical (unpaired) electrons. The summed E-state index contributed by atoms with van der Waals surface area (Å²) in [7, 11) is 0. The standard InChI is InChI=1S/C14H8N2O4S/c17-14(18)12-11(10-2-1-7-15-13(10)21-12)8-3-5-9(6-4-8)16(19)20/h1-7H,(H,17,18). The van der Waals surface area contributed by atoms with E-state index < -0.39 is 10.9 Å². The average Bonchev–Trinajstić information content (AvgIpc) is 2.87. The topological polar surface area (TPSA) is 93.3 Å². The van der Waals surface area contributed by atoms with E-state index in [1.54, 1.807) is 30.5 Å². The third kappa shape index (κ3) is 2.23. The Morgan fingerprint density at radius 2 is 1.95 bits per heavy atom. The second-order valence-corrected chi connectivity index (χ2v) is 5.27. The molecule has 6 nitrogen and oxygen atoms in total. The molecule has 1 N–H and O–H groups in total. The van der Waals surface area contributed by atoms with Crippen LogP contribution in [0.1, 0.15) is 9.67 Å². The predicted octanol–water partition coefficient (Wildman–Crippen LogP) is 3.57. The number of aromatic nitrogens is 1. The van der Waals surface area contributed by atoms with E-state index in [-0.39, 0.29) is 10.6 Å². The maximum absolute atomic E-state index is 11.4. The Balaban J connectivity index is 2.25. The molecule has 0 aliphatic heterocycles. The van der Waals surface area contributed by atoms with E-state index in [2.05, 4.69) is 4.98 Å². The lowest BCUT2D eigenvalue weighted by Gasteiger charge is -2.02. The summed E-state index contributed by atoms with van der Waals surface area (Å²) in [4.78, 5) is 26.6. The number of carboxylic acids is 1. The van der Waals surface area contributed by atoms with Crippen molar-refractivity contribution in [3.8, 4) is 11.1 Å². The number of hydrogen-bond acceptors (Lipinski definition) is 5. The molecule has 3 aromatic rings. The van der Waals surface area contributed by atoms with Gasteiger partial charge in [0.2, 0.25) is 0 Å². The van der Waals surface area contributed by atoms with Crippen LogP contribution in [0.5, 0.6) is 0 Å². The fraction of sp³-hybridized carbons (Fsp3) is 0. The Morgan fingerprint density at radius 1 is 1.24 bits per heavy atom. The first-order valence-corrected chi connectivity index (χ1v) is 6.75. The fourth-order valence-electron chi connectivity index (χ4n) is 2.12. The molecule has 0 atom stereocenters. The Hall–Kier alpha value is -2.80. The van der Waals surface area contributed by atoms with Crippen LogP contribution < -0.4 is 0 Å². The quantitative estimate of drug-likeness (QED) is 0.589. The minimum Gasteiger partial charge on any atom is -0.477 e. The summed E-state index contributed by atoms with van der Waals surface area (Å²) in [5.74, 6) is -1.04. The molecule has 0 unspecified atom stereocenters. The lowest BCUT2D eigenvalue weighted by atomic mass is 10.0. The highest BCUT2D eigenvalue weighted by atomic mass is 32.1. The summed E-state index contributed by atoms with van der Waals surface area (Å²) in [5.41, 5.74) is 1.14. The molecular weight excluding hydrogens is 292 g/mol. The summed E-state index contributed by atoms with van der Waals surface area (Å²) in [6.07, 6.45) is 1.60. The number of benzene rings is 1. The zero-order valence-electron chi connectivity index (χ0n) is 10.5. The maximum Gasteiger partial charge on any atom is 0.346 e. The van der Waals surface area contributed by atoms with Gasteiger partial charge in [0.15, 0.2) is 0 Å². The molecule has 2 aromatic heterocycles. The van der Waals surface area contributed by atoms with Crippen LogP contribution in [0.25, 0.3) is 21.3 Å². The number of nitro groups is 1. The summed E-state index contributed by atoms with van der Waals surface area (Å²) >= 11 is 1.09. The summed E-state index contributed by atoms with van der Waals surface area (Å²) in [5, 5.41) is 20.8. The average molecular weight is 300 g/mol. The molecule has 21 heavy (non-hydrogen) atoms. The van der Waals surface area contributed by atoms with Crippen molar-refractivity contribution in [1.82, 2.24) is 4.98 Å². The molecule has 0 spiro atoms. The van der Waals surface area contributed by atoms with Crippen molar-refractivity contribution >= 4 is 33.2 Å². The van der Waals surface area contributed by atoms with Gasteiger partial charge in [0.05, 0.1) is 4.92 Å². The Kier molecular flexibility index (Phi) is 3.11. The minimum absolute atomic E-state index is 0.0340. The third-order valence-corrected chi connectivity index (χ3v) is 4.13. The lowest BCUT2D eigenvalue weighted by molar-refractivity contribution is -0.384. The molecule has 0 bridgehead atoms. The number of carboxylic acid groups (broad SMARTS) is 1. The van der Waals surface area contributed by atoms with Gasteiger partial charge in [-0.1, -0.05) is 0 Å². The van der Waals surface area contributed by atoms with Gasteiger partial charge in [-0.15, -0.1) is 11.3 Å². The van der Waals surface area contributed by atoms with E-state index >= 15 is 0 Å². The van der Waals surface area contributed by atoms with Crippen molar-refractivity contribution in [2.75, 3.05) is 0 Å². The number of fused-ring (bicyclic) bond motifs is 1. The predicted molar refractivity (Wildman–Crippen MR) is 78.7 cm³/mol. The van der Waals surface area contributed by atoms with Gasteiger partial charge in [-0.05, 0) is 29.8 Å². The highest BCUT2D eigenvalue weighted by molar-refractivity contribution is 7.21. The van der Waals surface area contributed by atoms with Crippen LogP contribution in [0.15, 0.2) is 42.6 Å². The number of pyridine rings is 1. The molecule has 2 heterocycles. The van der Waals surface area contributed by atoms with Crippen LogP contribution in [0.3, 0.4) is 0 Å². The fourth-order valence-corrected chi connectivity index (χ4v) is 3.12. The molecule has 0 fully saturated rings. The van der Waals surface area contributed by atoms with Crippen molar-refractivity contribution in [2.45, 2.75) is 0 Å². The molecule has 0 aliphatic rings. The Morgan fingerprint density at radius 3 is 2.57 bits per heavy atom. The first-order valence-electron chi connectivity index (χ1n) is 5.93. The number of rotatable bonds is 3. The van der Waals surface area contributed by atoms with Crippen LogP contribution in [-0.2, 0) is 0 Å². The number of nitrogens with zero attached hydrogens (tertiary/aromatic N) is 2. The van der Waals surface area contributed by atoms with Gasteiger partial charge in [-0.3, -0.25) is 10.1 Å². The van der Waals surface area contributed by atoms with E-state index in [9.17, 15) is 20.0 Å². The van der Waals surface area contributed by atoms with Gasteiger partial charge in [0, 0.05) is 29.3 Å². The molecule has 0 saturated heterocycles. The molecule has 0 aliphatic carbocycles. The lowest BCUT2D eigenvalue weighted by Crippen LogP contribution is -1.95. The largest absolute Gasteiger partial charge is 0.477 e. The number of aromatic carboxylic acids is 1. The van der Waals surface area contributed by atoms with Gasteiger partial charge in [-0.2, -0.15) is 0 Å². The molecule has 3 rings (SSSR count). The number of hydrogen-bond donors (Lipinski definition) is 1. The zero-order valence-corrected chi connectivity index (χ0v) is 11.3. The van der Waals surface area contributed by atoms with Crippen LogP contribution in [0.2, 0.25) is 0 Å². The van der Waals surface area contributed by atoms with E-state index in [0.717, 1.165) is 16.7 Å². The van der Waals surface area contributed by atoms with Crippen LogP contribution in [0.4, 0.5) is 5.69 Å². The molecule has 0 saturated carbocycles. The second kappa shape index (κ2) is 4.95. The van der Waals surface area contributed by atoms with Crippen molar-refractivity contribution in [3.63, 3.8) is 0 Å². The molecule has 0 amide bonds. The summed E-state index contributed by atoms with van der Waals surface area (Å²) in [6.45, 7) is 0. The summed E-state index contributed by atoms with van der Waals surface area (Å²) in [6, 6.07) is 9.36. The minimum atomic E-state index is -1.04. The molecule has 1 aromatic carbocycles. The number of thiophene rings is 1. The van der Waals surface area contributed by atoms with E-state index in [1.807, 2.05) is 0 Å². The van der Waals surface area contributed by atoms with E-state index in [1.165, 1.54) is 12.1 Å². The summed E-state index contributed by atoms with van der Waals surface area (Å²) < 4.78 is 0. The second-order valence-electron chi connectivity index (χ2n) is 4.27. The normalized spacial score (nSPS) is 10.7. The Labute approximate surface area is 122 Å². The van der Waals surface area contributed by atoms with Gasteiger partial charge < -0.3 is 5.11 Å². The number of non-ortho nitro benzene ring substituents is 1. The monoisotopic (exact) mass is 300 g/mol. The molecule has 104 valence electrons. The van der Waals surface area contributed by atoms with E-state index in [0.29, 0.717) is 16.0 Å². The van der Waals surface area contributed by atoms with Crippen molar-refractivity contribution in [2.24, 2.45) is 0 Å². The van der Waals surface area contributed by atoms with Gasteiger partial charge in [0.1, 0.15) is 9.71 Å². The molecule has 7 heteroatoms. The van der Waals surface area contributed by atoms with Crippen molar-refractivity contribution in [3.05, 3.63) is 57.6 Å². The maximum atomic E-state index is 11.4. The highest BCUT2D eigenvalue weighted by Gasteiger charge is 2.20. The first kappa shape index (κ1) is 13.2. The Bertz CT molecular complexity index is 855. The first-order chi connectivity index (χ1) is 10.1. The molecular formula is C14H8N2O4S. The smallest absolute Gasteiger partial charge is 0.346 e. The SMILES string of the molecule is O=C(O)c1sc2ncccc2c1-c1ccc([N+](=O)[O-])cc1. The van der Waals surface area contributed by atoms with Gasteiger partial charge in [0.25, 0.3) is 5.69 Å². The van der Waals surface area contributed by atoms with E-state index in [4.69, 9.17) is 0 Å². The number of carbonyl (C=O) groups is 1. The van der Waals surface area contributed by atoms with Gasteiger partial charge >= 0.3 is 5.97 Å². The van der Waals surface area contributed by atoms with Crippen LogP contribution in [-0.4, -0.2) is 21.0 Å². The van der Waals surface area contributed by atoms with Crippen molar-refractivity contribution in [1.29, 1.82) is 0 Å². The zero-order chi connectivity index (χ0) is 15.0.